The molecule has 0 atom stereocenters. The molecule has 1 amide bonds. The van der Waals surface area contributed by atoms with E-state index in [2.05, 4.69) is 22.1 Å². The predicted octanol–water partition coefficient (Wildman–Crippen LogP) is 4.23. The van der Waals surface area contributed by atoms with Gasteiger partial charge in [-0.2, -0.15) is 0 Å². The average molecular weight is 360 g/mol. The zero-order valence-electron chi connectivity index (χ0n) is 14.5. The van der Waals surface area contributed by atoms with Gasteiger partial charge in [-0.1, -0.05) is 18.5 Å². The largest absolute Gasteiger partial charge is 0.495 e. The van der Waals surface area contributed by atoms with Gasteiger partial charge >= 0.3 is 0 Å². The van der Waals surface area contributed by atoms with Crippen molar-refractivity contribution in [3.63, 3.8) is 0 Å². The van der Waals surface area contributed by atoms with E-state index in [1.54, 1.807) is 31.5 Å². The van der Waals surface area contributed by atoms with Crippen molar-refractivity contribution in [1.29, 1.82) is 0 Å². The van der Waals surface area contributed by atoms with Gasteiger partial charge in [-0.05, 0) is 43.0 Å². The standard InChI is InChI=1S/C19H22ClN3O2/c1-13-5-7-23(8-6-13)16-9-14(11-21-12-16)19(24)22-17-10-15(20)3-4-18(17)25-2/h3-4,9-13H,5-8H2,1-2H3,(H,22,24). The molecule has 0 radical (unpaired) electrons. The number of piperidine rings is 1. The number of rotatable bonds is 4. The van der Waals surface area contributed by atoms with E-state index in [4.69, 9.17) is 16.3 Å². The van der Waals surface area contributed by atoms with E-state index in [1.165, 1.54) is 0 Å². The second-order valence-corrected chi connectivity index (χ2v) is 6.84. The topological polar surface area (TPSA) is 54.5 Å². The number of pyridine rings is 1. The van der Waals surface area contributed by atoms with Crippen LogP contribution in [0.25, 0.3) is 0 Å². The fourth-order valence-electron chi connectivity index (χ4n) is 2.96. The Morgan fingerprint density at radius 3 is 2.76 bits per heavy atom. The summed E-state index contributed by atoms with van der Waals surface area (Å²) in [5.41, 5.74) is 2.04. The van der Waals surface area contributed by atoms with E-state index in [0.717, 1.165) is 37.5 Å². The van der Waals surface area contributed by atoms with Gasteiger partial charge in [-0.15, -0.1) is 0 Å². The molecule has 25 heavy (non-hydrogen) atoms. The molecule has 1 aromatic heterocycles. The van der Waals surface area contributed by atoms with Gasteiger partial charge in [0.2, 0.25) is 0 Å². The van der Waals surface area contributed by atoms with Crippen LogP contribution >= 0.6 is 11.6 Å². The minimum absolute atomic E-state index is 0.236. The van der Waals surface area contributed by atoms with Crippen LogP contribution in [0.1, 0.15) is 30.1 Å². The number of halogens is 1. The Morgan fingerprint density at radius 1 is 1.28 bits per heavy atom. The van der Waals surface area contributed by atoms with Gasteiger partial charge < -0.3 is 15.0 Å². The highest BCUT2D eigenvalue weighted by molar-refractivity contribution is 6.31. The van der Waals surface area contributed by atoms with Crippen LogP contribution in [0.4, 0.5) is 11.4 Å². The maximum atomic E-state index is 12.6. The third kappa shape index (κ3) is 4.23. The number of amides is 1. The molecule has 5 nitrogen and oxygen atoms in total. The molecule has 2 aromatic rings. The van der Waals surface area contributed by atoms with Gasteiger partial charge in [0.1, 0.15) is 5.75 Å². The maximum Gasteiger partial charge on any atom is 0.257 e. The average Bonchev–Trinajstić information content (AvgIpc) is 2.62. The molecule has 1 saturated heterocycles. The number of hydrogen-bond donors (Lipinski definition) is 1. The Kier molecular flexibility index (Phi) is 5.43. The highest BCUT2D eigenvalue weighted by atomic mass is 35.5. The summed E-state index contributed by atoms with van der Waals surface area (Å²) < 4.78 is 5.27. The van der Waals surface area contributed by atoms with Crippen LogP contribution in [0.3, 0.4) is 0 Å². The molecule has 1 N–H and O–H groups in total. The molecule has 6 heteroatoms. The highest BCUT2D eigenvalue weighted by Crippen LogP contribution is 2.28. The fraction of sp³-hybridized carbons (Fsp3) is 0.368. The SMILES string of the molecule is COc1ccc(Cl)cc1NC(=O)c1cncc(N2CCC(C)CC2)c1. The Hall–Kier alpha value is -2.27. The Balaban J connectivity index is 1.77. The highest BCUT2D eigenvalue weighted by Gasteiger charge is 2.18. The molecule has 1 fully saturated rings. The number of nitrogens with one attached hydrogen (secondary N) is 1. The summed E-state index contributed by atoms with van der Waals surface area (Å²) in [6.07, 6.45) is 5.71. The van der Waals surface area contributed by atoms with E-state index in [0.29, 0.717) is 22.0 Å². The molecule has 0 spiro atoms. The van der Waals surface area contributed by atoms with Crippen molar-refractivity contribution in [1.82, 2.24) is 4.98 Å². The summed E-state index contributed by atoms with van der Waals surface area (Å²) in [5.74, 6) is 1.08. The second-order valence-electron chi connectivity index (χ2n) is 6.40. The number of methoxy groups -OCH3 is 1. The lowest BCUT2D eigenvalue weighted by molar-refractivity contribution is 0.102. The summed E-state index contributed by atoms with van der Waals surface area (Å²) >= 11 is 6.02. The molecule has 0 unspecified atom stereocenters. The first-order valence-corrected chi connectivity index (χ1v) is 8.79. The smallest absolute Gasteiger partial charge is 0.257 e. The number of carbonyl (C=O) groups is 1. The van der Waals surface area contributed by atoms with Crippen LogP contribution in [0.2, 0.25) is 5.02 Å². The molecule has 132 valence electrons. The predicted molar refractivity (Wildman–Crippen MR) is 101 cm³/mol. The van der Waals surface area contributed by atoms with E-state index in [1.807, 2.05) is 12.3 Å². The van der Waals surface area contributed by atoms with Crippen molar-refractivity contribution >= 4 is 28.9 Å². The van der Waals surface area contributed by atoms with Crippen molar-refractivity contribution in [2.75, 3.05) is 30.4 Å². The molecule has 3 rings (SSSR count). The van der Waals surface area contributed by atoms with Crippen molar-refractivity contribution in [2.45, 2.75) is 19.8 Å². The molecule has 0 bridgehead atoms. The van der Waals surface area contributed by atoms with Gasteiger partial charge in [0.25, 0.3) is 5.91 Å². The van der Waals surface area contributed by atoms with Gasteiger partial charge in [0.15, 0.2) is 0 Å². The fourth-order valence-corrected chi connectivity index (χ4v) is 3.14. The number of ether oxygens (including phenoxy) is 1. The lowest BCUT2D eigenvalue weighted by Crippen LogP contribution is -2.33. The zero-order chi connectivity index (χ0) is 17.8. The van der Waals surface area contributed by atoms with Gasteiger partial charge in [-0.25, -0.2) is 0 Å². The van der Waals surface area contributed by atoms with Crippen molar-refractivity contribution in [3.8, 4) is 5.75 Å². The first kappa shape index (κ1) is 17.5. The summed E-state index contributed by atoms with van der Waals surface area (Å²) in [4.78, 5) is 19.1. The van der Waals surface area contributed by atoms with Crippen LogP contribution in [0.15, 0.2) is 36.7 Å². The van der Waals surface area contributed by atoms with Crippen LogP contribution in [0, 0.1) is 5.92 Å². The van der Waals surface area contributed by atoms with Crippen molar-refractivity contribution in [3.05, 3.63) is 47.2 Å². The molecule has 1 aliphatic rings. The van der Waals surface area contributed by atoms with Gasteiger partial charge in [0, 0.05) is 24.3 Å². The number of nitrogens with zero attached hydrogens (tertiary/aromatic N) is 2. The number of hydrogen-bond acceptors (Lipinski definition) is 4. The first-order valence-electron chi connectivity index (χ1n) is 8.41. The van der Waals surface area contributed by atoms with Crippen LogP contribution < -0.4 is 15.0 Å². The first-order chi connectivity index (χ1) is 12.1. The van der Waals surface area contributed by atoms with Crippen LogP contribution in [-0.2, 0) is 0 Å². The zero-order valence-corrected chi connectivity index (χ0v) is 15.2. The lowest BCUT2D eigenvalue weighted by Gasteiger charge is -2.32. The van der Waals surface area contributed by atoms with Gasteiger partial charge in [-0.3, -0.25) is 9.78 Å². The second kappa shape index (κ2) is 7.74. The monoisotopic (exact) mass is 359 g/mol. The van der Waals surface area contributed by atoms with Crippen LogP contribution in [0.5, 0.6) is 5.75 Å². The van der Waals surface area contributed by atoms with Gasteiger partial charge in [0.05, 0.1) is 30.2 Å². The number of aromatic nitrogens is 1. The Labute approximate surface area is 153 Å². The third-order valence-electron chi connectivity index (χ3n) is 4.54. The van der Waals surface area contributed by atoms with E-state index >= 15 is 0 Å². The van der Waals surface area contributed by atoms with Crippen molar-refractivity contribution < 1.29 is 9.53 Å². The molecule has 1 aliphatic heterocycles. The normalized spacial score (nSPS) is 15.1. The Bertz CT molecular complexity index is 758. The molecule has 1 aromatic carbocycles. The molecular weight excluding hydrogens is 338 g/mol. The third-order valence-corrected chi connectivity index (χ3v) is 4.78. The summed E-state index contributed by atoms with van der Waals surface area (Å²) in [6, 6.07) is 6.99. The summed E-state index contributed by atoms with van der Waals surface area (Å²) in [5, 5.41) is 3.38. The lowest BCUT2D eigenvalue weighted by atomic mass is 9.99. The van der Waals surface area contributed by atoms with E-state index < -0.39 is 0 Å². The number of benzene rings is 1. The number of carbonyl (C=O) groups excluding carboxylic acids is 1. The quantitative estimate of drug-likeness (QED) is 0.887. The molecule has 0 aliphatic carbocycles. The Morgan fingerprint density at radius 2 is 2.04 bits per heavy atom. The molecular formula is C19H22ClN3O2. The van der Waals surface area contributed by atoms with Crippen LogP contribution in [-0.4, -0.2) is 31.1 Å². The minimum atomic E-state index is -0.236. The maximum absolute atomic E-state index is 12.6. The van der Waals surface area contributed by atoms with E-state index in [9.17, 15) is 4.79 Å². The number of anilines is 2. The van der Waals surface area contributed by atoms with Crippen molar-refractivity contribution in [2.24, 2.45) is 5.92 Å². The minimum Gasteiger partial charge on any atom is -0.495 e. The summed E-state index contributed by atoms with van der Waals surface area (Å²) in [6.45, 7) is 4.27. The van der Waals surface area contributed by atoms with E-state index in [-0.39, 0.29) is 5.91 Å². The molecule has 2 heterocycles. The summed E-state index contributed by atoms with van der Waals surface area (Å²) in [7, 11) is 1.55. The molecule has 0 saturated carbocycles.